The van der Waals surface area contributed by atoms with Crippen LogP contribution in [0.1, 0.15) is 6.92 Å². The molecule has 0 radical (unpaired) electrons. The molecule has 1 atom stereocenters. The normalized spacial score (nSPS) is 21.3. The average molecular weight is 84.1 g/mol. The molecule has 0 saturated heterocycles. The summed E-state index contributed by atoms with van der Waals surface area (Å²) in [5.74, 6) is 0. The lowest BCUT2D eigenvalue weighted by Crippen LogP contribution is -2.15. The molecule has 3 N–H and O–H groups in total. The maximum absolute atomic E-state index is 5.37. The molecule has 0 bridgehead atoms. The van der Waals surface area contributed by atoms with Crippen molar-refractivity contribution in [1.82, 2.24) is 5.32 Å². The number of rotatable bonds is 1. The third-order valence-electron chi connectivity index (χ3n) is 0.802. The van der Waals surface area contributed by atoms with Crippen LogP contribution in [0.25, 0.3) is 0 Å². The Balaban J connectivity index is 2.31. The van der Waals surface area contributed by atoms with E-state index in [-0.39, 0.29) is 6.04 Å². The number of nitrogens with two attached hydrogens (primary N) is 1. The quantitative estimate of drug-likeness (QED) is 0.461. The summed E-state index contributed by atoms with van der Waals surface area (Å²) < 4.78 is 0. The van der Waals surface area contributed by atoms with E-state index in [1.54, 1.807) is 0 Å². The Bertz CT molecular complexity index is 83.5. The lowest BCUT2D eigenvalue weighted by molar-refractivity contribution is 0.869. The molecule has 34 valence electrons. The van der Waals surface area contributed by atoms with Gasteiger partial charge in [-0.1, -0.05) is 0 Å². The van der Waals surface area contributed by atoms with Gasteiger partial charge in [0.15, 0.2) is 0 Å². The summed E-state index contributed by atoms with van der Waals surface area (Å²) in [4.78, 5) is 0. The predicted molar refractivity (Wildman–Crippen MR) is 24.9 cm³/mol. The fraction of sp³-hybridized carbons (Fsp3) is 0.500. The van der Waals surface area contributed by atoms with Gasteiger partial charge in [0.25, 0.3) is 0 Å². The molecule has 1 aliphatic rings. The zero-order valence-corrected chi connectivity index (χ0v) is 3.73. The molecule has 0 aromatic carbocycles. The van der Waals surface area contributed by atoms with Gasteiger partial charge in [0.1, 0.15) is 0 Å². The van der Waals surface area contributed by atoms with Crippen molar-refractivity contribution in [2.45, 2.75) is 13.0 Å². The lowest BCUT2D eigenvalue weighted by atomic mass is 10.3. The van der Waals surface area contributed by atoms with Crippen LogP contribution in [-0.4, -0.2) is 6.04 Å². The topological polar surface area (TPSA) is 48.0 Å². The second-order valence-electron chi connectivity index (χ2n) is 1.53. The predicted octanol–water partition coefficient (Wildman–Crippen LogP) is -0.222. The van der Waals surface area contributed by atoms with Gasteiger partial charge in [-0.2, -0.15) is 0 Å². The van der Waals surface area contributed by atoms with Gasteiger partial charge < -0.3 is 11.1 Å². The zero-order chi connectivity index (χ0) is 4.57. The summed E-state index contributed by atoms with van der Waals surface area (Å²) in [5.41, 5.74) is 6.53. The summed E-state index contributed by atoms with van der Waals surface area (Å²) in [5, 5.41) is 2.90. The maximum Gasteiger partial charge on any atom is 0.0477 e. The largest absolute Gasteiger partial charge is 0.361 e. The van der Waals surface area contributed by atoms with Gasteiger partial charge in [0.2, 0.25) is 0 Å². The smallest absolute Gasteiger partial charge is 0.0477 e. The van der Waals surface area contributed by atoms with E-state index in [1.165, 1.54) is 0 Å². The highest BCUT2D eigenvalue weighted by Crippen LogP contribution is 2.02. The Morgan fingerprint density at radius 3 is 2.50 bits per heavy atom. The molecule has 0 aliphatic carbocycles. The fourth-order valence-electron chi connectivity index (χ4n) is 0.305. The molecular weight excluding hydrogens is 76.1 g/mol. The van der Waals surface area contributed by atoms with Crippen molar-refractivity contribution >= 4 is 0 Å². The first-order valence-electron chi connectivity index (χ1n) is 2.03. The van der Waals surface area contributed by atoms with Crippen molar-refractivity contribution in [2.24, 2.45) is 5.73 Å². The molecule has 1 aliphatic heterocycles. The van der Waals surface area contributed by atoms with Crippen LogP contribution in [-0.2, 0) is 0 Å². The van der Waals surface area contributed by atoms with Crippen molar-refractivity contribution in [3.05, 3.63) is 11.9 Å². The van der Waals surface area contributed by atoms with Crippen LogP contribution in [0, 0.1) is 0 Å². The molecule has 0 amide bonds. The summed E-state index contributed by atoms with van der Waals surface area (Å²) in [6.45, 7) is 1.95. The molecule has 1 rings (SSSR count). The van der Waals surface area contributed by atoms with Crippen LogP contribution in [0.5, 0.6) is 0 Å². The first-order chi connectivity index (χ1) is 2.80. The Hall–Kier alpha value is -0.500. The van der Waals surface area contributed by atoms with E-state index in [0.29, 0.717) is 0 Å². The van der Waals surface area contributed by atoms with E-state index in [4.69, 9.17) is 5.73 Å². The van der Waals surface area contributed by atoms with E-state index in [2.05, 4.69) is 5.32 Å². The van der Waals surface area contributed by atoms with E-state index < -0.39 is 0 Å². The zero-order valence-electron chi connectivity index (χ0n) is 3.73. The summed E-state index contributed by atoms with van der Waals surface area (Å²) in [7, 11) is 0. The van der Waals surface area contributed by atoms with Gasteiger partial charge >= 0.3 is 0 Å². The van der Waals surface area contributed by atoms with Crippen LogP contribution in [0.4, 0.5) is 0 Å². The first-order valence-corrected chi connectivity index (χ1v) is 2.03. The first kappa shape index (κ1) is 3.68. The third-order valence-corrected chi connectivity index (χ3v) is 0.802. The van der Waals surface area contributed by atoms with Crippen LogP contribution in [0.2, 0.25) is 0 Å². The van der Waals surface area contributed by atoms with Crippen molar-refractivity contribution in [1.29, 1.82) is 0 Å². The van der Waals surface area contributed by atoms with Gasteiger partial charge in [-0.3, -0.25) is 0 Å². The highest BCUT2D eigenvalue weighted by atomic mass is 15.0. The molecule has 1 heterocycles. The number of hydrogen-bond acceptors (Lipinski definition) is 2. The lowest BCUT2D eigenvalue weighted by Gasteiger charge is -1.90. The highest BCUT2D eigenvalue weighted by Gasteiger charge is 2.08. The van der Waals surface area contributed by atoms with E-state index in [0.717, 1.165) is 5.70 Å². The van der Waals surface area contributed by atoms with Gasteiger partial charge in [0, 0.05) is 17.9 Å². The Morgan fingerprint density at radius 2 is 2.50 bits per heavy atom. The molecule has 0 aromatic rings. The molecule has 0 aromatic heterocycles. The fourth-order valence-corrected chi connectivity index (χ4v) is 0.305. The standard InChI is InChI=1S/C4H8N2/c1-3(5)4-2-6-4/h2-3,6H,5H2,1H3. The summed E-state index contributed by atoms with van der Waals surface area (Å²) in [6.07, 6.45) is 1.91. The van der Waals surface area contributed by atoms with Crippen LogP contribution in [0.15, 0.2) is 11.9 Å². The third kappa shape index (κ3) is 0.518. The molecule has 0 spiro atoms. The summed E-state index contributed by atoms with van der Waals surface area (Å²) in [6, 6.07) is 0.213. The van der Waals surface area contributed by atoms with Gasteiger partial charge in [-0.15, -0.1) is 0 Å². The highest BCUT2D eigenvalue weighted by molar-refractivity contribution is 5.20. The molecular formula is C4H8N2. The van der Waals surface area contributed by atoms with Crippen molar-refractivity contribution < 1.29 is 0 Å². The van der Waals surface area contributed by atoms with Crippen LogP contribution >= 0.6 is 0 Å². The molecule has 0 fully saturated rings. The van der Waals surface area contributed by atoms with Gasteiger partial charge in [-0.05, 0) is 6.92 Å². The van der Waals surface area contributed by atoms with E-state index in [9.17, 15) is 0 Å². The van der Waals surface area contributed by atoms with Gasteiger partial charge in [0.05, 0.1) is 0 Å². The average Bonchev–Trinajstić information content (AvgIpc) is 2.06. The second kappa shape index (κ2) is 0.980. The Morgan fingerprint density at radius 1 is 2.00 bits per heavy atom. The minimum Gasteiger partial charge on any atom is -0.361 e. The second-order valence-corrected chi connectivity index (χ2v) is 1.53. The van der Waals surface area contributed by atoms with Crippen molar-refractivity contribution in [3.8, 4) is 0 Å². The maximum atomic E-state index is 5.37. The monoisotopic (exact) mass is 84.1 g/mol. The van der Waals surface area contributed by atoms with E-state index >= 15 is 0 Å². The minimum atomic E-state index is 0.213. The van der Waals surface area contributed by atoms with Crippen molar-refractivity contribution in [2.75, 3.05) is 0 Å². The SMILES string of the molecule is CC(N)C1=CN1. The van der Waals surface area contributed by atoms with Gasteiger partial charge in [-0.25, -0.2) is 0 Å². The molecule has 0 saturated carbocycles. The molecule has 6 heavy (non-hydrogen) atoms. The van der Waals surface area contributed by atoms with Crippen LogP contribution < -0.4 is 11.1 Å². The molecule has 2 heteroatoms. The van der Waals surface area contributed by atoms with E-state index in [1.807, 2.05) is 13.1 Å². The van der Waals surface area contributed by atoms with Crippen molar-refractivity contribution in [3.63, 3.8) is 0 Å². The molecule has 1 unspecified atom stereocenters. The number of hydrogen-bond donors (Lipinski definition) is 2. The number of nitrogens with one attached hydrogen (secondary N) is 1. The Labute approximate surface area is 37.0 Å². The summed E-state index contributed by atoms with van der Waals surface area (Å²) >= 11 is 0. The minimum absolute atomic E-state index is 0.213. The Kier molecular flexibility index (Phi) is 0.601. The van der Waals surface area contributed by atoms with Crippen LogP contribution in [0.3, 0.4) is 0 Å². The molecule has 2 nitrogen and oxygen atoms in total.